The Bertz CT molecular complexity index is 435. The van der Waals surface area contributed by atoms with Crippen LogP contribution in [0.5, 0.6) is 5.75 Å². The normalized spacial score (nSPS) is 16.9. The summed E-state index contributed by atoms with van der Waals surface area (Å²) in [5, 5.41) is 0. The molecule has 0 radical (unpaired) electrons. The quantitative estimate of drug-likeness (QED) is 0.767. The highest BCUT2D eigenvalue weighted by atomic mass is 16.5. The number of ether oxygens (including phenoxy) is 1. The number of methoxy groups -OCH3 is 1. The number of rotatable bonds is 4. The van der Waals surface area contributed by atoms with E-state index in [1.165, 1.54) is 0 Å². The van der Waals surface area contributed by atoms with E-state index in [1.54, 1.807) is 7.11 Å². The molecular weight excluding hydrogens is 228 g/mol. The van der Waals surface area contributed by atoms with Crippen molar-refractivity contribution in [2.45, 2.75) is 32.1 Å². The van der Waals surface area contributed by atoms with Crippen LogP contribution in [0.3, 0.4) is 0 Å². The van der Waals surface area contributed by atoms with Gasteiger partial charge in [0, 0.05) is 12.8 Å². The van der Waals surface area contributed by atoms with Crippen LogP contribution >= 0.6 is 0 Å². The molecule has 0 heterocycles. The van der Waals surface area contributed by atoms with E-state index < -0.39 is 0 Å². The first kappa shape index (κ1) is 12.8. The van der Waals surface area contributed by atoms with E-state index in [2.05, 4.69) is 0 Å². The van der Waals surface area contributed by atoms with Crippen molar-refractivity contribution in [3.05, 3.63) is 29.8 Å². The maximum absolute atomic E-state index is 11.7. The van der Waals surface area contributed by atoms with E-state index in [9.17, 15) is 9.59 Å². The van der Waals surface area contributed by atoms with Crippen LogP contribution in [0.1, 0.15) is 31.2 Å². The third-order valence-corrected chi connectivity index (χ3v) is 3.48. The van der Waals surface area contributed by atoms with Gasteiger partial charge in [0.15, 0.2) is 0 Å². The Hall–Kier alpha value is -1.64. The molecule has 0 aliphatic heterocycles. The zero-order valence-electron chi connectivity index (χ0n) is 10.6. The van der Waals surface area contributed by atoms with Crippen molar-refractivity contribution in [1.82, 2.24) is 0 Å². The van der Waals surface area contributed by atoms with Crippen LogP contribution in [0.4, 0.5) is 0 Å². The van der Waals surface area contributed by atoms with Gasteiger partial charge in [0.05, 0.1) is 13.0 Å². The third kappa shape index (κ3) is 2.97. The Balaban J connectivity index is 1.97. The smallest absolute Gasteiger partial charge is 0.143 e. The summed E-state index contributed by atoms with van der Waals surface area (Å²) in [5.41, 5.74) is 1.11. The van der Waals surface area contributed by atoms with Crippen LogP contribution in [0.15, 0.2) is 24.3 Å². The minimum Gasteiger partial charge on any atom is -0.497 e. The van der Waals surface area contributed by atoms with Gasteiger partial charge in [-0.15, -0.1) is 0 Å². The number of benzene rings is 1. The predicted octanol–water partition coefficient (Wildman–Crippen LogP) is 2.57. The number of ketones is 2. The first-order chi connectivity index (χ1) is 8.70. The monoisotopic (exact) mass is 246 g/mol. The summed E-state index contributed by atoms with van der Waals surface area (Å²) in [5.74, 6) is 0.682. The number of carbonyl (C=O) groups is 2. The van der Waals surface area contributed by atoms with Gasteiger partial charge in [-0.1, -0.05) is 12.1 Å². The lowest BCUT2D eigenvalue weighted by molar-refractivity contribution is -0.135. The number of carbonyl (C=O) groups excluding carboxylic acids is 2. The number of aryl methyl sites for hydroxylation is 1. The molecule has 1 aliphatic rings. The Morgan fingerprint density at radius 1 is 1.22 bits per heavy atom. The van der Waals surface area contributed by atoms with Crippen molar-refractivity contribution in [1.29, 1.82) is 0 Å². The second kappa shape index (κ2) is 5.80. The van der Waals surface area contributed by atoms with Gasteiger partial charge in [0.2, 0.25) is 0 Å². The fraction of sp³-hybridized carbons (Fsp3) is 0.467. The predicted molar refractivity (Wildman–Crippen MR) is 68.7 cm³/mol. The van der Waals surface area contributed by atoms with Gasteiger partial charge in [-0.3, -0.25) is 9.59 Å². The zero-order chi connectivity index (χ0) is 13.0. The second-order valence-electron chi connectivity index (χ2n) is 4.73. The maximum Gasteiger partial charge on any atom is 0.143 e. The van der Waals surface area contributed by atoms with Gasteiger partial charge in [-0.25, -0.2) is 0 Å². The van der Waals surface area contributed by atoms with E-state index in [1.807, 2.05) is 24.3 Å². The van der Waals surface area contributed by atoms with Gasteiger partial charge in [-0.05, 0) is 37.0 Å². The Labute approximate surface area is 107 Å². The fourth-order valence-corrected chi connectivity index (χ4v) is 2.43. The molecule has 3 nitrogen and oxygen atoms in total. The minimum absolute atomic E-state index is 0.120. The Morgan fingerprint density at radius 3 is 2.61 bits per heavy atom. The molecule has 1 saturated carbocycles. The van der Waals surface area contributed by atoms with Gasteiger partial charge in [0.1, 0.15) is 17.3 Å². The molecule has 1 aliphatic carbocycles. The summed E-state index contributed by atoms with van der Waals surface area (Å²) < 4.78 is 5.16. The summed E-state index contributed by atoms with van der Waals surface area (Å²) in [4.78, 5) is 23.4. The molecule has 0 spiro atoms. The highest BCUT2D eigenvalue weighted by Gasteiger charge is 2.29. The molecule has 3 heteroatoms. The van der Waals surface area contributed by atoms with E-state index in [0.29, 0.717) is 19.3 Å². The molecule has 0 aromatic heterocycles. The zero-order valence-corrected chi connectivity index (χ0v) is 10.6. The van der Waals surface area contributed by atoms with E-state index in [4.69, 9.17) is 4.74 Å². The highest BCUT2D eigenvalue weighted by molar-refractivity contribution is 6.04. The van der Waals surface area contributed by atoms with Crippen LogP contribution in [-0.4, -0.2) is 18.7 Å². The van der Waals surface area contributed by atoms with Crippen LogP contribution in [0.2, 0.25) is 0 Å². The summed E-state index contributed by atoms with van der Waals surface area (Å²) in [7, 11) is 1.63. The van der Waals surface area contributed by atoms with Crippen molar-refractivity contribution >= 4 is 11.6 Å². The summed E-state index contributed by atoms with van der Waals surface area (Å²) in [6.07, 6.45) is 3.24. The highest BCUT2D eigenvalue weighted by Crippen LogP contribution is 2.23. The summed E-state index contributed by atoms with van der Waals surface area (Å²) >= 11 is 0. The summed E-state index contributed by atoms with van der Waals surface area (Å²) in [6.45, 7) is 0. The van der Waals surface area contributed by atoms with Crippen LogP contribution in [0.25, 0.3) is 0 Å². The Kier molecular flexibility index (Phi) is 4.13. The molecule has 2 rings (SSSR count). The standard InChI is InChI=1S/C15H18O3/c1-18-12-5-2-4-11(10-12)8-9-13-14(16)6-3-7-15(13)17/h2,4-5,10,13H,3,6-9H2,1H3. The number of hydrogen-bond donors (Lipinski definition) is 0. The average Bonchev–Trinajstić information content (AvgIpc) is 2.38. The molecule has 1 fully saturated rings. The van der Waals surface area contributed by atoms with Gasteiger partial charge >= 0.3 is 0 Å². The van der Waals surface area contributed by atoms with Crippen LogP contribution in [-0.2, 0) is 16.0 Å². The van der Waals surface area contributed by atoms with Crippen molar-refractivity contribution in [3.8, 4) is 5.75 Å². The average molecular weight is 246 g/mol. The molecule has 1 aromatic carbocycles. The van der Waals surface area contributed by atoms with Crippen LogP contribution < -0.4 is 4.74 Å². The molecular formula is C15H18O3. The molecule has 0 atom stereocenters. The van der Waals surface area contributed by atoms with Crippen molar-refractivity contribution < 1.29 is 14.3 Å². The van der Waals surface area contributed by atoms with Gasteiger partial charge < -0.3 is 4.74 Å². The minimum atomic E-state index is -0.370. The topological polar surface area (TPSA) is 43.4 Å². The van der Waals surface area contributed by atoms with Gasteiger partial charge in [-0.2, -0.15) is 0 Å². The fourth-order valence-electron chi connectivity index (χ4n) is 2.43. The molecule has 1 aromatic rings. The first-order valence-electron chi connectivity index (χ1n) is 6.39. The molecule has 0 unspecified atom stereocenters. The molecule has 0 saturated heterocycles. The van der Waals surface area contributed by atoms with E-state index in [-0.39, 0.29) is 17.5 Å². The largest absolute Gasteiger partial charge is 0.497 e. The lowest BCUT2D eigenvalue weighted by Gasteiger charge is -2.19. The van der Waals surface area contributed by atoms with Crippen molar-refractivity contribution in [3.63, 3.8) is 0 Å². The van der Waals surface area contributed by atoms with Crippen LogP contribution in [0, 0.1) is 5.92 Å². The molecule has 96 valence electrons. The van der Waals surface area contributed by atoms with Crippen molar-refractivity contribution in [2.75, 3.05) is 7.11 Å². The molecule has 0 N–H and O–H groups in total. The first-order valence-corrected chi connectivity index (χ1v) is 6.39. The number of hydrogen-bond acceptors (Lipinski definition) is 3. The number of Topliss-reactive ketones (excluding diaryl/α,β-unsaturated/α-hetero) is 2. The Morgan fingerprint density at radius 2 is 1.94 bits per heavy atom. The molecule has 0 amide bonds. The van der Waals surface area contributed by atoms with E-state index >= 15 is 0 Å². The van der Waals surface area contributed by atoms with E-state index in [0.717, 1.165) is 24.2 Å². The lowest BCUT2D eigenvalue weighted by Crippen LogP contribution is -2.28. The summed E-state index contributed by atoms with van der Waals surface area (Å²) in [6, 6.07) is 7.77. The third-order valence-electron chi connectivity index (χ3n) is 3.48. The molecule has 18 heavy (non-hydrogen) atoms. The second-order valence-corrected chi connectivity index (χ2v) is 4.73. The maximum atomic E-state index is 11.7. The lowest BCUT2D eigenvalue weighted by atomic mass is 9.83. The SMILES string of the molecule is COc1cccc(CCC2C(=O)CCCC2=O)c1. The molecule has 0 bridgehead atoms. The van der Waals surface area contributed by atoms with Crippen molar-refractivity contribution in [2.24, 2.45) is 5.92 Å². The van der Waals surface area contributed by atoms with Gasteiger partial charge in [0.25, 0.3) is 0 Å².